The van der Waals surface area contributed by atoms with E-state index >= 15 is 0 Å². The van der Waals surface area contributed by atoms with Gasteiger partial charge in [-0.1, -0.05) is 17.8 Å². The maximum absolute atomic E-state index is 11.2. The van der Waals surface area contributed by atoms with E-state index in [0.717, 1.165) is 0 Å². The van der Waals surface area contributed by atoms with Gasteiger partial charge >= 0.3 is 5.69 Å². The van der Waals surface area contributed by atoms with Crippen LogP contribution in [0.25, 0.3) is 0 Å². The number of thioether (sulfide) groups is 1. The Morgan fingerprint density at radius 2 is 2.56 bits per heavy atom. The van der Waals surface area contributed by atoms with E-state index in [9.17, 15) is 4.79 Å². The van der Waals surface area contributed by atoms with Crippen molar-refractivity contribution in [3.8, 4) is 0 Å². The molecule has 2 rings (SSSR count). The van der Waals surface area contributed by atoms with Gasteiger partial charge < -0.3 is 5.73 Å². The Labute approximate surface area is 101 Å². The van der Waals surface area contributed by atoms with E-state index in [1.54, 1.807) is 18.4 Å². The minimum atomic E-state index is -0.204. The molecule has 0 aliphatic rings. The number of aromatic amines is 1. The van der Waals surface area contributed by atoms with Crippen molar-refractivity contribution < 1.29 is 0 Å². The van der Waals surface area contributed by atoms with Crippen LogP contribution in [0.1, 0.15) is 10.1 Å². The van der Waals surface area contributed by atoms with Gasteiger partial charge in [0.25, 0.3) is 0 Å². The molecule has 0 aliphatic heterocycles. The van der Waals surface area contributed by atoms with Gasteiger partial charge in [0.1, 0.15) is 0 Å². The summed E-state index contributed by atoms with van der Waals surface area (Å²) in [6.45, 7) is 0.520. The minimum Gasteiger partial charge on any atom is -0.329 e. The highest BCUT2D eigenvalue weighted by atomic mass is 32.2. The number of hydrogen-bond acceptors (Lipinski definition) is 5. The molecular formula is C9H12N4OS2. The number of thiophene rings is 1. The fourth-order valence-corrected chi connectivity index (χ4v) is 3.18. The number of nitrogens with two attached hydrogens (primary N) is 1. The first-order valence-electron chi connectivity index (χ1n) is 4.74. The van der Waals surface area contributed by atoms with Gasteiger partial charge in [-0.15, -0.1) is 16.4 Å². The smallest absolute Gasteiger partial charge is 0.329 e. The Kier molecular flexibility index (Phi) is 3.47. The number of hydrogen-bond donors (Lipinski definition) is 2. The highest BCUT2D eigenvalue weighted by Gasteiger charge is 2.16. The zero-order chi connectivity index (χ0) is 11.5. The Hall–Kier alpha value is -1.05. The summed E-state index contributed by atoms with van der Waals surface area (Å²) in [7, 11) is 1.69. The predicted octanol–water partition coefficient (Wildman–Crippen LogP) is 0.962. The molecule has 86 valence electrons. The first-order valence-corrected chi connectivity index (χ1v) is 6.50. The van der Waals surface area contributed by atoms with Crippen LogP contribution in [-0.2, 0) is 7.05 Å². The standard InChI is InChI=1S/C9H12N4OS2/c1-13-8(14)11-12-9(13)16-7(5-10)6-3-2-4-15-6/h2-4,7H,5,10H2,1H3,(H,11,14). The van der Waals surface area contributed by atoms with E-state index in [-0.39, 0.29) is 10.9 Å². The molecule has 0 spiro atoms. The third-order valence-corrected chi connectivity index (χ3v) is 4.60. The van der Waals surface area contributed by atoms with Gasteiger partial charge in [-0.25, -0.2) is 9.89 Å². The summed E-state index contributed by atoms with van der Waals surface area (Å²) in [5, 5.41) is 9.19. The van der Waals surface area contributed by atoms with E-state index in [0.29, 0.717) is 11.7 Å². The number of aromatic nitrogens is 3. The quantitative estimate of drug-likeness (QED) is 0.799. The van der Waals surface area contributed by atoms with E-state index < -0.39 is 0 Å². The average Bonchev–Trinajstić information content (AvgIpc) is 2.90. The van der Waals surface area contributed by atoms with Gasteiger partial charge in [0.15, 0.2) is 5.16 Å². The maximum atomic E-state index is 11.2. The van der Waals surface area contributed by atoms with Crippen LogP contribution in [0.4, 0.5) is 0 Å². The highest BCUT2D eigenvalue weighted by molar-refractivity contribution is 7.99. The van der Waals surface area contributed by atoms with Gasteiger partial charge in [0.05, 0.1) is 5.25 Å². The van der Waals surface area contributed by atoms with Crippen LogP contribution >= 0.6 is 23.1 Å². The first-order chi connectivity index (χ1) is 7.72. The minimum absolute atomic E-state index is 0.147. The van der Waals surface area contributed by atoms with Crippen LogP contribution in [0, 0.1) is 0 Å². The average molecular weight is 256 g/mol. The van der Waals surface area contributed by atoms with Crippen molar-refractivity contribution in [3.63, 3.8) is 0 Å². The lowest BCUT2D eigenvalue weighted by Gasteiger charge is -2.10. The zero-order valence-electron chi connectivity index (χ0n) is 8.71. The molecule has 2 aromatic heterocycles. The molecule has 0 bridgehead atoms. The normalized spacial score (nSPS) is 12.9. The van der Waals surface area contributed by atoms with Gasteiger partial charge in [-0.05, 0) is 11.4 Å². The SMILES string of the molecule is Cn1c(SC(CN)c2cccs2)n[nH]c1=O. The van der Waals surface area contributed by atoms with Crippen LogP contribution in [0.3, 0.4) is 0 Å². The number of rotatable bonds is 4. The summed E-state index contributed by atoms with van der Waals surface area (Å²) >= 11 is 3.16. The molecule has 0 saturated heterocycles. The second-order valence-electron chi connectivity index (χ2n) is 3.23. The molecule has 3 N–H and O–H groups in total. The molecule has 2 heterocycles. The molecule has 1 atom stereocenters. The predicted molar refractivity (Wildman–Crippen MR) is 65.8 cm³/mol. The lowest BCUT2D eigenvalue weighted by atomic mass is 10.3. The third kappa shape index (κ3) is 2.21. The van der Waals surface area contributed by atoms with Crippen molar-refractivity contribution in [3.05, 3.63) is 32.9 Å². The van der Waals surface area contributed by atoms with Crippen molar-refractivity contribution in [2.45, 2.75) is 10.4 Å². The fourth-order valence-electron chi connectivity index (χ4n) is 1.26. The molecule has 0 fully saturated rings. The Bertz CT molecular complexity index is 502. The summed E-state index contributed by atoms with van der Waals surface area (Å²) in [4.78, 5) is 12.4. The van der Waals surface area contributed by atoms with Crippen LogP contribution in [-0.4, -0.2) is 21.3 Å². The van der Waals surface area contributed by atoms with Crippen molar-refractivity contribution in [1.82, 2.24) is 14.8 Å². The van der Waals surface area contributed by atoms with Crippen LogP contribution in [0.15, 0.2) is 27.5 Å². The summed E-state index contributed by atoms with van der Waals surface area (Å²) in [6, 6.07) is 4.03. The van der Waals surface area contributed by atoms with Gasteiger partial charge in [-0.2, -0.15) is 0 Å². The molecule has 7 heteroatoms. The molecule has 5 nitrogen and oxygen atoms in total. The van der Waals surface area contributed by atoms with Crippen molar-refractivity contribution in [1.29, 1.82) is 0 Å². The molecule has 0 aromatic carbocycles. The number of nitrogens with one attached hydrogen (secondary N) is 1. The molecule has 1 unspecified atom stereocenters. The van der Waals surface area contributed by atoms with Gasteiger partial charge in [-0.3, -0.25) is 4.57 Å². The topological polar surface area (TPSA) is 76.7 Å². The van der Waals surface area contributed by atoms with E-state index in [1.165, 1.54) is 21.2 Å². The first kappa shape index (κ1) is 11.4. The molecule has 0 amide bonds. The molecule has 0 saturated carbocycles. The second-order valence-corrected chi connectivity index (χ2v) is 5.38. The molecule has 2 aromatic rings. The highest BCUT2D eigenvalue weighted by Crippen LogP contribution is 2.34. The van der Waals surface area contributed by atoms with Gasteiger partial charge in [0, 0.05) is 18.5 Å². The van der Waals surface area contributed by atoms with Crippen LogP contribution in [0.5, 0.6) is 0 Å². The maximum Gasteiger partial charge on any atom is 0.343 e. The summed E-state index contributed by atoms with van der Waals surface area (Å²) in [5.41, 5.74) is 5.52. The van der Waals surface area contributed by atoms with Crippen molar-refractivity contribution in [2.24, 2.45) is 12.8 Å². The van der Waals surface area contributed by atoms with E-state index in [1.807, 2.05) is 17.5 Å². The Morgan fingerprint density at radius 1 is 1.75 bits per heavy atom. The number of H-pyrrole nitrogens is 1. The van der Waals surface area contributed by atoms with Crippen LogP contribution < -0.4 is 11.4 Å². The van der Waals surface area contributed by atoms with E-state index in [2.05, 4.69) is 10.2 Å². The largest absolute Gasteiger partial charge is 0.343 e. The third-order valence-electron chi connectivity index (χ3n) is 2.16. The molecule has 16 heavy (non-hydrogen) atoms. The zero-order valence-corrected chi connectivity index (χ0v) is 10.3. The Morgan fingerprint density at radius 3 is 3.06 bits per heavy atom. The second kappa shape index (κ2) is 4.86. The monoisotopic (exact) mass is 256 g/mol. The fraction of sp³-hybridized carbons (Fsp3) is 0.333. The lowest BCUT2D eigenvalue weighted by Crippen LogP contribution is -2.14. The summed E-state index contributed by atoms with van der Waals surface area (Å²) in [5.74, 6) is 0. The van der Waals surface area contributed by atoms with Crippen molar-refractivity contribution in [2.75, 3.05) is 6.54 Å². The molecular weight excluding hydrogens is 244 g/mol. The summed E-state index contributed by atoms with van der Waals surface area (Å²) < 4.78 is 1.49. The summed E-state index contributed by atoms with van der Waals surface area (Å²) in [6.07, 6.45) is 0. The lowest BCUT2D eigenvalue weighted by molar-refractivity contribution is 0.761. The number of nitrogens with zero attached hydrogens (tertiary/aromatic N) is 2. The Balaban J connectivity index is 2.20. The van der Waals surface area contributed by atoms with Crippen molar-refractivity contribution >= 4 is 23.1 Å². The molecule has 0 radical (unpaired) electrons. The van der Waals surface area contributed by atoms with E-state index in [4.69, 9.17) is 5.73 Å². The molecule has 0 aliphatic carbocycles. The van der Waals surface area contributed by atoms with Gasteiger partial charge in [0.2, 0.25) is 0 Å². The van der Waals surface area contributed by atoms with Crippen LogP contribution in [0.2, 0.25) is 0 Å².